The maximum Gasteiger partial charge on any atom is 0.292 e. The van der Waals surface area contributed by atoms with E-state index in [0.29, 0.717) is 31.9 Å². The fourth-order valence-electron chi connectivity index (χ4n) is 3.36. The zero-order valence-corrected chi connectivity index (χ0v) is 16.9. The van der Waals surface area contributed by atoms with Gasteiger partial charge in [0.15, 0.2) is 0 Å². The maximum absolute atomic E-state index is 12.7. The first-order valence-corrected chi connectivity index (χ1v) is 9.63. The molecule has 30 heavy (non-hydrogen) atoms. The van der Waals surface area contributed by atoms with Crippen LogP contribution in [0.1, 0.15) is 6.92 Å². The van der Waals surface area contributed by atoms with Crippen LogP contribution in [0.2, 0.25) is 5.02 Å². The van der Waals surface area contributed by atoms with Crippen molar-refractivity contribution in [2.75, 3.05) is 36.4 Å². The number of para-hydroxylation sites is 2. The summed E-state index contributed by atoms with van der Waals surface area (Å²) in [5, 5.41) is 25.1. The second-order valence-electron chi connectivity index (χ2n) is 6.86. The fraction of sp³-hybridized carbons (Fsp3) is 0.316. The number of amides is 1. The van der Waals surface area contributed by atoms with Gasteiger partial charge >= 0.3 is 0 Å². The van der Waals surface area contributed by atoms with Crippen molar-refractivity contribution < 1.29 is 14.6 Å². The van der Waals surface area contributed by atoms with E-state index in [4.69, 9.17) is 11.6 Å². The van der Waals surface area contributed by atoms with Gasteiger partial charge in [0.1, 0.15) is 5.69 Å². The quantitative estimate of drug-likeness (QED) is 0.547. The van der Waals surface area contributed by atoms with Gasteiger partial charge in [-0.15, -0.1) is 0 Å². The Morgan fingerprint density at radius 1 is 1.07 bits per heavy atom. The standard InChI is InChI=1S/C19H20ClN5O5/c1-13(19(26)21-16-12-14(24(27)28)6-7-15(16)20)22-8-10-23(11-9-22)17-4-2-3-5-18(17)25(29)30/h2-7,12-13H,8-11H2,1H3,(H,21,26). The van der Waals surface area contributed by atoms with E-state index in [1.54, 1.807) is 25.1 Å². The molecule has 1 amide bonds. The zero-order chi connectivity index (χ0) is 21.8. The Labute approximate surface area is 177 Å². The number of nitro benzene ring substituents is 2. The minimum absolute atomic E-state index is 0.0528. The summed E-state index contributed by atoms with van der Waals surface area (Å²) in [7, 11) is 0. The molecule has 1 saturated heterocycles. The third-order valence-corrected chi connectivity index (χ3v) is 5.41. The smallest absolute Gasteiger partial charge is 0.292 e. The Balaban J connectivity index is 1.64. The molecule has 2 aromatic carbocycles. The normalized spacial score (nSPS) is 15.5. The van der Waals surface area contributed by atoms with Crippen LogP contribution in [-0.4, -0.2) is 52.9 Å². The lowest BCUT2D eigenvalue weighted by Crippen LogP contribution is -2.53. The number of nitrogens with zero attached hydrogens (tertiary/aromatic N) is 4. The Kier molecular flexibility index (Phi) is 6.48. The first-order chi connectivity index (χ1) is 14.3. The SMILES string of the molecule is CC(C(=O)Nc1cc([N+](=O)[O-])ccc1Cl)N1CCN(c2ccccc2[N+](=O)[O-])CC1. The molecule has 3 rings (SSSR count). The molecule has 1 atom stereocenters. The number of halogens is 1. The van der Waals surface area contributed by atoms with E-state index >= 15 is 0 Å². The monoisotopic (exact) mass is 433 g/mol. The van der Waals surface area contributed by atoms with E-state index in [2.05, 4.69) is 5.32 Å². The third-order valence-electron chi connectivity index (χ3n) is 5.08. The predicted molar refractivity (Wildman–Crippen MR) is 113 cm³/mol. The molecule has 1 heterocycles. The molecule has 1 aliphatic heterocycles. The fourth-order valence-corrected chi connectivity index (χ4v) is 3.53. The molecular formula is C19H20ClN5O5. The average molecular weight is 434 g/mol. The lowest BCUT2D eigenvalue weighted by atomic mass is 10.1. The number of benzene rings is 2. The van der Waals surface area contributed by atoms with Gasteiger partial charge in [-0.05, 0) is 19.1 Å². The summed E-state index contributed by atoms with van der Waals surface area (Å²) in [6.45, 7) is 3.86. The summed E-state index contributed by atoms with van der Waals surface area (Å²) in [5.41, 5.74) is 0.626. The van der Waals surface area contributed by atoms with E-state index in [1.807, 2.05) is 9.80 Å². The molecule has 0 saturated carbocycles. The number of piperazine rings is 1. The van der Waals surface area contributed by atoms with Crippen LogP contribution in [-0.2, 0) is 4.79 Å². The zero-order valence-electron chi connectivity index (χ0n) is 16.2. The Morgan fingerprint density at radius 2 is 1.73 bits per heavy atom. The number of carbonyl (C=O) groups excluding carboxylic acids is 1. The van der Waals surface area contributed by atoms with Crippen LogP contribution in [0, 0.1) is 20.2 Å². The van der Waals surface area contributed by atoms with Crippen molar-refractivity contribution in [1.82, 2.24) is 4.90 Å². The predicted octanol–water partition coefficient (Wildman–Crippen LogP) is 3.31. The van der Waals surface area contributed by atoms with Gasteiger partial charge in [0, 0.05) is 44.4 Å². The number of nitro groups is 2. The molecule has 0 radical (unpaired) electrons. The highest BCUT2D eigenvalue weighted by molar-refractivity contribution is 6.33. The lowest BCUT2D eigenvalue weighted by Gasteiger charge is -2.38. The number of rotatable bonds is 6. The average Bonchev–Trinajstić information content (AvgIpc) is 2.74. The second kappa shape index (κ2) is 9.06. The van der Waals surface area contributed by atoms with Gasteiger partial charge in [0.05, 0.1) is 26.6 Å². The number of hydrogen-bond acceptors (Lipinski definition) is 7. The minimum Gasteiger partial charge on any atom is -0.363 e. The van der Waals surface area contributed by atoms with Crippen LogP contribution in [0.4, 0.5) is 22.7 Å². The summed E-state index contributed by atoms with van der Waals surface area (Å²) in [5.74, 6) is -0.337. The number of anilines is 2. The number of carbonyl (C=O) groups is 1. The van der Waals surface area contributed by atoms with Gasteiger partial charge in [0.25, 0.3) is 11.4 Å². The molecule has 0 bridgehead atoms. The van der Waals surface area contributed by atoms with Gasteiger partial charge in [-0.2, -0.15) is 0 Å². The number of non-ortho nitro benzene ring substituents is 1. The van der Waals surface area contributed by atoms with Crippen LogP contribution < -0.4 is 10.2 Å². The summed E-state index contributed by atoms with van der Waals surface area (Å²) in [6.07, 6.45) is 0. The van der Waals surface area contributed by atoms with E-state index in [9.17, 15) is 25.0 Å². The van der Waals surface area contributed by atoms with Gasteiger partial charge in [-0.25, -0.2) is 0 Å². The first-order valence-electron chi connectivity index (χ1n) is 9.25. The number of hydrogen-bond donors (Lipinski definition) is 1. The van der Waals surface area contributed by atoms with E-state index in [0.717, 1.165) is 0 Å². The van der Waals surface area contributed by atoms with Crippen LogP contribution in [0.3, 0.4) is 0 Å². The van der Waals surface area contributed by atoms with Crippen molar-refractivity contribution >= 4 is 40.3 Å². The van der Waals surface area contributed by atoms with Gasteiger partial charge in [-0.3, -0.25) is 29.9 Å². The van der Waals surface area contributed by atoms with Crippen LogP contribution in [0.25, 0.3) is 0 Å². The van der Waals surface area contributed by atoms with Crippen molar-refractivity contribution in [3.8, 4) is 0 Å². The van der Waals surface area contributed by atoms with E-state index in [1.165, 1.54) is 24.3 Å². The van der Waals surface area contributed by atoms with Crippen molar-refractivity contribution in [1.29, 1.82) is 0 Å². The topological polar surface area (TPSA) is 122 Å². The highest BCUT2D eigenvalue weighted by Crippen LogP contribution is 2.29. The molecule has 10 nitrogen and oxygen atoms in total. The second-order valence-corrected chi connectivity index (χ2v) is 7.26. The largest absolute Gasteiger partial charge is 0.363 e. The molecule has 158 valence electrons. The molecule has 2 aromatic rings. The first kappa shape index (κ1) is 21.5. The van der Waals surface area contributed by atoms with Gasteiger partial charge < -0.3 is 10.2 Å². The Bertz CT molecular complexity index is 978. The lowest BCUT2D eigenvalue weighted by molar-refractivity contribution is -0.384. The summed E-state index contributed by atoms with van der Waals surface area (Å²) in [4.78, 5) is 37.8. The van der Waals surface area contributed by atoms with Crippen LogP contribution in [0.5, 0.6) is 0 Å². The highest BCUT2D eigenvalue weighted by Gasteiger charge is 2.28. The van der Waals surface area contributed by atoms with Crippen molar-refractivity contribution in [2.24, 2.45) is 0 Å². The van der Waals surface area contributed by atoms with Crippen LogP contribution >= 0.6 is 11.6 Å². The van der Waals surface area contributed by atoms with Crippen LogP contribution in [0.15, 0.2) is 42.5 Å². The molecule has 1 aliphatic rings. The van der Waals surface area contributed by atoms with Gasteiger partial charge in [0.2, 0.25) is 5.91 Å². The van der Waals surface area contributed by atoms with E-state index in [-0.39, 0.29) is 28.0 Å². The molecule has 1 unspecified atom stereocenters. The Morgan fingerprint density at radius 3 is 2.37 bits per heavy atom. The highest BCUT2D eigenvalue weighted by atomic mass is 35.5. The number of nitrogens with one attached hydrogen (secondary N) is 1. The van der Waals surface area contributed by atoms with Crippen molar-refractivity contribution in [3.63, 3.8) is 0 Å². The molecule has 1 N–H and O–H groups in total. The summed E-state index contributed by atoms with van der Waals surface area (Å²) >= 11 is 6.05. The van der Waals surface area contributed by atoms with Crippen molar-refractivity contribution in [3.05, 3.63) is 67.7 Å². The molecule has 0 aliphatic carbocycles. The summed E-state index contributed by atoms with van der Waals surface area (Å²) in [6, 6.07) is 9.92. The molecule has 11 heteroatoms. The molecule has 0 spiro atoms. The molecule has 0 aromatic heterocycles. The minimum atomic E-state index is -0.558. The van der Waals surface area contributed by atoms with Gasteiger partial charge in [-0.1, -0.05) is 23.7 Å². The summed E-state index contributed by atoms with van der Waals surface area (Å²) < 4.78 is 0. The molecule has 1 fully saturated rings. The molecular weight excluding hydrogens is 414 g/mol. The maximum atomic E-state index is 12.7. The van der Waals surface area contributed by atoms with Crippen molar-refractivity contribution in [2.45, 2.75) is 13.0 Å². The van der Waals surface area contributed by atoms with E-state index < -0.39 is 15.9 Å². The third kappa shape index (κ3) is 4.66. The Hall–Kier alpha value is -3.24.